The lowest BCUT2D eigenvalue weighted by molar-refractivity contribution is 0.155. The van der Waals surface area contributed by atoms with Gasteiger partial charge in [-0.3, -0.25) is 0 Å². The molecule has 0 aromatic heterocycles. The van der Waals surface area contributed by atoms with E-state index in [2.05, 4.69) is 6.92 Å². The lowest BCUT2D eigenvalue weighted by Gasteiger charge is -2.38. The molecule has 1 aromatic carbocycles. The lowest BCUT2D eigenvalue weighted by atomic mass is 9.68. The normalized spacial score (nSPS) is 30.4. The minimum Gasteiger partial charge on any atom is -0.204 e. The fourth-order valence-corrected chi connectivity index (χ4v) is 5.18. The van der Waals surface area contributed by atoms with Gasteiger partial charge in [0.15, 0.2) is 17.5 Å². The molecule has 2 fully saturated rings. The Hall–Kier alpha value is -0.990. The van der Waals surface area contributed by atoms with Crippen LogP contribution in [0.15, 0.2) is 12.1 Å². The highest BCUT2D eigenvalue weighted by Gasteiger charge is 2.31. The molecular weight excluding hydrogens is 321 g/mol. The van der Waals surface area contributed by atoms with Crippen LogP contribution < -0.4 is 0 Å². The van der Waals surface area contributed by atoms with Crippen molar-refractivity contribution in [2.45, 2.75) is 83.5 Å². The molecule has 0 atom stereocenters. The van der Waals surface area contributed by atoms with E-state index in [0.717, 1.165) is 43.4 Å². The van der Waals surface area contributed by atoms with Crippen molar-refractivity contribution in [3.05, 3.63) is 35.1 Å². The summed E-state index contributed by atoms with van der Waals surface area (Å²) in [5.41, 5.74) is 0.637. The van der Waals surface area contributed by atoms with Gasteiger partial charge in [-0.05, 0) is 79.9 Å². The van der Waals surface area contributed by atoms with Gasteiger partial charge in [0.25, 0.3) is 0 Å². The number of hydrogen-bond donors (Lipinski definition) is 0. The van der Waals surface area contributed by atoms with Crippen LogP contribution in [0.1, 0.15) is 89.0 Å². The Balaban J connectivity index is 1.49. The zero-order chi connectivity index (χ0) is 17.8. The van der Waals surface area contributed by atoms with Crippen molar-refractivity contribution in [1.29, 1.82) is 0 Å². The molecule has 3 heteroatoms. The van der Waals surface area contributed by atoms with Crippen LogP contribution in [0.2, 0.25) is 0 Å². The third-order valence-electron chi connectivity index (χ3n) is 6.77. The summed E-state index contributed by atoms with van der Waals surface area (Å²) in [7, 11) is 0. The summed E-state index contributed by atoms with van der Waals surface area (Å²) in [5, 5.41) is 0. The molecule has 2 saturated carbocycles. The number of halogens is 3. The maximum atomic E-state index is 13.5. The van der Waals surface area contributed by atoms with Crippen molar-refractivity contribution < 1.29 is 13.2 Å². The first-order valence-corrected chi connectivity index (χ1v) is 10.2. The second-order valence-electron chi connectivity index (χ2n) is 8.33. The molecule has 25 heavy (non-hydrogen) atoms. The molecule has 0 radical (unpaired) electrons. The Morgan fingerprint density at radius 3 is 1.84 bits per heavy atom. The zero-order valence-corrected chi connectivity index (χ0v) is 15.4. The Morgan fingerprint density at radius 2 is 1.32 bits per heavy atom. The third-order valence-corrected chi connectivity index (χ3v) is 6.77. The molecule has 0 heterocycles. The first kappa shape index (κ1) is 18.8. The van der Waals surface area contributed by atoms with Crippen molar-refractivity contribution >= 4 is 0 Å². The average molecular weight is 352 g/mol. The highest BCUT2D eigenvalue weighted by atomic mass is 19.2. The first-order valence-electron chi connectivity index (χ1n) is 10.2. The topological polar surface area (TPSA) is 0 Å². The molecule has 0 nitrogen and oxygen atoms in total. The molecule has 0 saturated heterocycles. The summed E-state index contributed by atoms with van der Waals surface area (Å²) in [6.45, 7) is 2.27. The number of unbranched alkanes of at least 4 members (excludes halogenated alkanes) is 1. The van der Waals surface area contributed by atoms with Crippen LogP contribution in [0.25, 0.3) is 0 Å². The number of benzene rings is 1. The van der Waals surface area contributed by atoms with Gasteiger partial charge in [0, 0.05) is 0 Å². The Labute approximate surface area is 150 Å². The summed E-state index contributed by atoms with van der Waals surface area (Å²) in [6, 6.07) is 2.39. The molecule has 3 rings (SSSR count). The van der Waals surface area contributed by atoms with Gasteiger partial charge in [-0.15, -0.1) is 0 Å². The highest BCUT2D eigenvalue weighted by molar-refractivity contribution is 5.23. The molecule has 0 aliphatic heterocycles. The molecule has 2 aliphatic carbocycles. The molecular formula is C22H31F3. The van der Waals surface area contributed by atoms with E-state index in [0.29, 0.717) is 5.56 Å². The van der Waals surface area contributed by atoms with Crippen molar-refractivity contribution in [3.63, 3.8) is 0 Å². The fraction of sp³-hybridized carbons (Fsp3) is 0.727. The first-order chi connectivity index (χ1) is 12.1. The van der Waals surface area contributed by atoms with Crippen LogP contribution in [0.4, 0.5) is 13.2 Å². The average Bonchev–Trinajstić information content (AvgIpc) is 2.64. The van der Waals surface area contributed by atoms with Gasteiger partial charge < -0.3 is 0 Å². The predicted molar refractivity (Wildman–Crippen MR) is 96.0 cm³/mol. The van der Waals surface area contributed by atoms with E-state index in [9.17, 15) is 13.2 Å². The van der Waals surface area contributed by atoms with Crippen molar-refractivity contribution in [1.82, 2.24) is 0 Å². The summed E-state index contributed by atoms with van der Waals surface area (Å²) in [5.74, 6) is -0.708. The SMILES string of the molecule is CCCCC1CCC([C@H]2CC[C@H](c3cc(F)c(F)c(F)c3)CC2)CC1. The maximum Gasteiger partial charge on any atom is 0.194 e. The standard InChI is InChI=1S/C22H31F3/c1-2-3-4-15-5-7-16(8-6-15)17-9-11-18(12-10-17)19-13-20(23)22(25)21(24)14-19/h13-18H,2-12H2,1H3/t15?,16?,17-,18-. The van der Waals surface area contributed by atoms with Gasteiger partial charge >= 0.3 is 0 Å². The molecule has 0 spiro atoms. The maximum absolute atomic E-state index is 13.5. The van der Waals surface area contributed by atoms with Gasteiger partial charge in [0.05, 0.1) is 0 Å². The molecule has 2 aliphatic rings. The second-order valence-corrected chi connectivity index (χ2v) is 8.33. The second kappa shape index (κ2) is 8.60. The number of hydrogen-bond acceptors (Lipinski definition) is 0. The van der Waals surface area contributed by atoms with Crippen LogP contribution >= 0.6 is 0 Å². The Morgan fingerprint density at radius 1 is 0.800 bits per heavy atom. The summed E-state index contributed by atoms with van der Waals surface area (Å²) in [4.78, 5) is 0. The van der Waals surface area contributed by atoms with Gasteiger partial charge in [-0.2, -0.15) is 0 Å². The fourth-order valence-electron chi connectivity index (χ4n) is 5.18. The van der Waals surface area contributed by atoms with Crippen molar-refractivity contribution in [2.24, 2.45) is 17.8 Å². The Kier molecular flexibility index (Phi) is 6.46. The van der Waals surface area contributed by atoms with E-state index in [1.807, 2.05) is 0 Å². The van der Waals surface area contributed by atoms with Crippen LogP contribution in [0.5, 0.6) is 0 Å². The molecule has 1 aromatic rings. The van der Waals surface area contributed by atoms with Crippen LogP contribution in [0.3, 0.4) is 0 Å². The summed E-state index contributed by atoms with van der Waals surface area (Å²) >= 11 is 0. The minimum atomic E-state index is -1.35. The monoisotopic (exact) mass is 352 g/mol. The van der Waals surface area contributed by atoms with Crippen molar-refractivity contribution in [2.75, 3.05) is 0 Å². The molecule has 0 N–H and O–H groups in total. The van der Waals surface area contributed by atoms with Crippen molar-refractivity contribution in [3.8, 4) is 0 Å². The van der Waals surface area contributed by atoms with E-state index in [-0.39, 0.29) is 5.92 Å². The quantitative estimate of drug-likeness (QED) is 0.485. The molecule has 0 bridgehead atoms. The third kappa shape index (κ3) is 4.60. The molecule has 140 valence electrons. The summed E-state index contributed by atoms with van der Waals surface area (Å²) in [6.07, 6.45) is 13.8. The van der Waals surface area contributed by atoms with E-state index in [4.69, 9.17) is 0 Å². The summed E-state index contributed by atoms with van der Waals surface area (Å²) < 4.78 is 40.1. The minimum absolute atomic E-state index is 0.182. The zero-order valence-electron chi connectivity index (χ0n) is 15.4. The smallest absolute Gasteiger partial charge is 0.194 e. The van der Waals surface area contributed by atoms with E-state index in [1.54, 1.807) is 0 Å². The van der Waals surface area contributed by atoms with Gasteiger partial charge in [0.2, 0.25) is 0 Å². The number of rotatable bonds is 5. The molecule has 0 unspecified atom stereocenters. The van der Waals surface area contributed by atoms with Crippen LogP contribution in [0, 0.1) is 35.2 Å². The largest absolute Gasteiger partial charge is 0.204 e. The van der Waals surface area contributed by atoms with Crippen LogP contribution in [-0.2, 0) is 0 Å². The predicted octanol–water partition coefficient (Wildman–Crippen LogP) is 7.37. The van der Waals surface area contributed by atoms with E-state index >= 15 is 0 Å². The Bertz CT molecular complexity index is 529. The van der Waals surface area contributed by atoms with E-state index < -0.39 is 17.5 Å². The van der Waals surface area contributed by atoms with Gasteiger partial charge in [-0.1, -0.05) is 39.0 Å². The van der Waals surface area contributed by atoms with Gasteiger partial charge in [-0.25, -0.2) is 13.2 Å². The van der Waals surface area contributed by atoms with Gasteiger partial charge in [0.1, 0.15) is 0 Å². The highest BCUT2D eigenvalue weighted by Crippen LogP contribution is 2.44. The molecule has 0 amide bonds. The van der Waals surface area contributed by atoms with E-state index in [1.165, 1.54) is 57.1 Å². The lowest BCUT2D eigenvalue weighted by Crippen LogP contribution is -2.25. The van der Waals surface area contributed by atoms with Crippen LogP contribution in [-0.4, -0.2) is 0 Å².